The van der Waals surface area contributed by atoms with Crippen molar-refractivity contribution < 1.29 is 4.74 Å². The molecule has 0 aliphatic heterocycles. The molecule has 5 nitrogen and oxygen atoms in total. The van der Waals surface area contributed by atoms with Gasteiger partial charge in [0.1, 0.15) is 0 Å². The van der Waals surface area contributed by atoms with Crippen LogP contribution in [-0.2, 0) is 11.3 Å². The molecule has 0 radical (unpaired) electrons. The van der Waals surface area contributed by atoms with Gasteiger partial charge in [0, 0.05) is 25.9 Å². The minimum absolute atomic E-state index is 0.434. The van der Waals surface area contributed by atoms with Crippen LogP contribution in [-0.4, -0.2) is 41.3 Å². The fourth-order valence-corrected chi connectivity index (χ4v) is 1.26. The van der Waals surface area contributed by atoms with Crippen molar-refractivity contribution in [1.29, 1.82) is 0 Å². The summed E-state index contributed by atoms with van der Waals surface area (Å²) in [7, 11) is 1.72. The summed E-state index contributed by atoms with van der Waals surface area (Å²) in [4.78, 5) is 0. The number of methoxy groups -OCH3 is 1. The standard InChI is InChI=1S/C9H18N4O/c1-3-9(8-14-2)10-4-6-13-7-5-11-12-13/h5,7,9-10H,3-4,6,8H2,1-2H3. The van der Waals surface area contributed by atoms with Crippen LogP contribution in [0, 0.1) is 0 Å². The van der Waals surface area contributed by atoms with Gasteiger partial charge in [-0.2, -0.15) is 0 Å². The lowest BCUT2D eigenvalue weighted by Gasteiger charge is -2.15. The molecule has 0 spiro atoms. The highest BCUT2D eigenvalue weighted by Crippen LogP contribution is 1.91. The Labute approximate surface area is 84.4 Å². The normalized spacial score (nSPS) is 13.0. The van der Waals surface area contributed by atoms with Crippen molar-refractivity contribution in [1.82, 2.24) is 20.3 Å². The summed E-state index contributed by atoms with van der Waals surface area (Å²) in [5, 5.41) is 11.0. The van der Waals surface area contributed by atoms with E-state index in [-0.39, 0.29) is 0 Å². The summed E-state index contributed by atoms with van der Waals surface area (Å²) >= 11 is 0. The zero-order valence-corrected chi connectivity index (χ0v) is 8.81. The molecule has 1 atom stereocenters. The van der Waals surface area contributed by atoms with E-state index in [4.69, 9.17) is 4.74 Å². The second-order valence-electron chi connectivity index (χ2n) is 3.18. The quantitative estimate of drug-likeness (QED) is 0.684. The first-order valence-electron chi connectivity index (χ1n) is 4.93. The number of nitrogens with zero attached hydrogens (tertiary/aromatic N) is 3. The molecular weight excluding hydrogens is 180 g/mol. The van der Waals surface area contributed by atoms with Crippen LogP contribution in [0.15, 0.2) is 12.4 Å². The van der Waals surface area contributed by atoms with Gasteiger partial charge in [-0.15, -0.1) is 5.10 Å². The van der Waals surface area contributed by atoms with E-state index in [9.17, 15) is 0 Å². The average molecular weight is 198 g/mol. The summed E-state index contributed by atoms with van der Waals surface area (Å²) in [5.74, 6) is 0. The van der Waals surface area contributed by atoms with Gasteiger partial charge in [0.2, 0.25) is 0 Å². The number of aromatic nitrogens is 3. The van der Waals surface area contributed by atoms with Gasteiger partial charge in [-0.1, -0.05) is 12.1 Å². The maximum atomic E-state index is 5.09. The Kier molecular flexibility index (Phi) is 5.17. The first-order chi connectivity index (χ1) is 6.86. The molecule has 80 valence electrons. The predicted molar refractivity (Wildman–Crippen MR) is 54.0 cm³/mol. The minimum Gasteiger partial charge on any atom is -0.383 e. The molecule has 14 heavy (non-hydrogen) atoms. The van der Waals surface area contributed by atoms with Crippen LogP contribution >= 0.6 is 0 Å². The number of rotatable bonds is 7. The Morgan fingerprint density at radius 3 is 3.00 bits per heavy atom. The molecule has 1 N–H and O–H groups in total. The van der Waals surface area contributed by atoms with Crippen molar-refractivity contribution in [3.8, 4) is 0 Å². The van der Waals surface area contributed by atoms with Crippen LogP contribution in [0.25, 0.3) is 0 Å². The molecule has 1 aromatic rings. The molecule has 0 aliphatic rings. The zero-order valence-electron chi connectivity index (χ0n) is 8.81. The molecule has 0 saturated carbocycles. The molecule has 0 bridgehead atoms. The van der Waals surface area contributed by atoms with Gasteiger partial charge in [-0.25, -0.2) is 0 Å². The second kappa shape index (κ2) is 6.50. The number of hydrogen-bond donors (Lipinski definition) is 1. The maximum Gasteiger partial charge on any atom is 0.0692 e. The van der Waals surface area contributed by atoms with E-state index in [0.29, 0.717) is 6.04 Å². The van der Waals surface area contributed by atoms with Gasteiger partial charge in [0.15, 0.2) is 0 Å². The summed E-state index contributed by atoms with van der Waals surface area (Å²) in [6.45, 7) is 4.64. The highest BCUT2D eigenvalue weighted by molar-refractivity contribution is 4.67. The molecule has 0 fully saturated rings. The Morgan fingerprint density at radius 1 is 1.57 bits per heavy atom. The Balaban J connectivity index is 2.13. The fourth-order valence-electron chi connectivity index (χ4n) is 1.26. The van der Waals surface area contributed by atoms with Crippen LogP contribution < -0.4 is 5.32 Å². The van der Waals surface area contributed by atoms with E-state index in [2.05, 4.69) is 22.6 Å². The van der Waals surface area contributed by atoms with Crippen LogP contribution in [0.3, 0.4) is 0 Å². The molecule has 1 unspecified atom stereocenters. The van der Waals surface area contributed by atoms with E-state index >= 15 is 0 Å². The molecule has 5 heteroatoms. The molecule has 1 aromatic heterocycles. The third kappa shape index (κ3) is 3.85. The zero-order chi connectivity index (χ0) is 10.2. The molecule has 0 amide bonds. The third-order valence-electron chi connectivity index (χ3n) is 2.11. The molecule has 1 rings (SSSR count). The Hall–Kier alpha value is -0.940. The van der Waals surface area contributed by atoms with Crippen LogP contribution in [0.4, 0.5) is 0 Å². The van der Waals surface area contributed by atoms with Crippen molar-refractivity contribution >= 4 is 0 Å². The summed E-state index contributed by atoms with van der Waals surface area (Å²) < 4.78 is 6.90. The van der Waals surface area contributed by atoms with E-state index in [0.717, 1.165) is 26.1 Å². The second-order valence-corrected chi connectivity index (χ2v) is 3.18. The van der Waals surface area contributed by atoms with E-state index in [1.807, 2.05) is 10.9 Å². The predicted octanol–water partition coefficient (Wildman–Crippen LogP) is 0.293. The van der Waals surface area contributed by atoms with Gasteiger partial charge in [-0.05, 0) is 6.42 Å². The number of hydrogen-bond acceptors (Lipinski definition) is 4. The van der Waals surface area contributed by atoms with Crippen molar-refractivity contribution in [3.63, 3.8) is 0 Å². The SMILES string of the molecule is CCC(COC)NCCn1ccnn1. The fraction of sp³-hybridized carbons (Fsp3) is 0.778. The first kappa shape index (κ1) is 11.1. The molecule has 0 saturated heterocycles. The van der Waals surface area contributed by atoms with Crippen molar-refractivity contribution in [3.05, 3.63) is 12.4 Å². The first-order valence-corrected chi connectivity index (χ1v) is 4.93. The largest absolute Gasteiger partial charge is 0.383 e. The maximum absolute atomic E-state index is 5.09. The minimum atomic E-state index is 0.434. The third-order valence-corrected chi connectivity index (χ3v) is 2.11. The van der Waals surface area contributed by atoms with Crippen LogP contribution in [0.2, 0.25) is 0 Å². The lowest BCUT2D eigenvalue weighted by Crippen LogP contribution is -2.34. The van der Waals surface area contributed by atoms with Gasteiger partial charge in [-0.3, -0.25) is 4.68 Å². The van der Waals surface area contributed by atoms with Gasteiger partial charge < -0.3 is 10.1 Å². The van der Waals surface area contributed by atoms with E-state index < -0.39 is 0 Å². The summed E-state index contributed by atoms with van der Waals surface area (Å²) in [5.41, 5.74) is 0. The van der Waals surface area contributed by atoms with Crippen LogP contribution in [0.1, 0.15) is 13.3 Å². The monoisotopic (exact) mass is 198 g/mol. The van der Waals surface area contributed by atoms with Gasteiger partial charge >= 0.3 is 0 Å². The lowest BCUT2D eigenvalue weighted by atomic mass is 10.2. The Morgan fingerprint density at radius 2 is 2.43 bits per heavy atom. The van der Waals surface area contributed by atoms with E-state index in [1.165, 1.54) is 0 Å². The summed E-state index contributed by atoms with van der Waals surface area (Å²) in [6, 6.07) is 0.434. The molecule has 1 heterocycles. The van der Waals surface area contributed by atoms with Crippen molar-refractivity contribution in [2.24, 2.45) is 0 Å². The van der Waals surface area contributed by atoms with E-state index in [1.54, 1.807) is 13.3 Å². The average Bonchev–Trinajstić information content (AvgIpc) is 2.69. The number of ether oxygens (including phenoxy) is 1. The molecule has 0 aromatic carbocycles. The highest BCUT2D eigenvalue weighted by Gasteiger charge is 2.03. The molecular formula is C9H18N4O. The topological polar surface area (TPSA) is 52.0 Å². The smallest absolute Gasteiger partial charge is 0.0692 e. The van der Waals surface area contributed by atoms with Crippen molar-refractivity contribution in [2.75, 3.05) is 20.3 Å². The van der Waals surface area contributed by atoms with Crippen molar-refractivity contribution in [2.45, 2.75) is 25.9 Å². The Bertz CT molecular complexity index is 225. The molecule has 0 aliphatic carbocycles. The van der Waals surface area contributed by atoms with Gasteiger partial charge in [0.25, 0.3) is 0 Å². The summed E-state index contributed by atoms with van der Waals surface area (Å²) in [6.07, 6.45) is 4.62. The highest BCUT2D eigenvalue weighted by atomic mass is 16.5. The lowest BCUT2D eigenvalue weighted by molar-refractivity contribution is 0.164. The van der Waals surface area contributed by atoms with Gasteiger partial charge in [0.05, 0.1) is 19.3 Å². The van der Waals surface area contributed by atoms with Crippen LogP contribution in [0.5, 0.6) is 0 Å². The number of nitrogens with one attached hydrogen (secondary N) is 1.